The third-order valence-corrected chi connectivity index (χ3v) is 4.79. The molecule has 4 nitrogen and oxygen atoms in total. The van der Waals surface area contributed by atoms with Crippen molar-refractivity contribution < 1.29 is 5.11 Å². The fourth-order valence-corrected chi connectivity index (χ4v) is 3.15. The Kier molecular flexibility index (Phi) is 4.95. The molecular weight excluding hydrogens is 398 g/mol. The normalized spacial score (nSPS) is 11.0. The lowest BCUT2D eigenvalue weighted by molar-refractivity contribution is 0.474. The number of benzene rings is 2. The molecule has 7 heteroatoms. The molecule has 0 amide bonds. The van der Waals surface area contributed by atoms with E-state index in [1.807, 2.05) is 35.7 Å². The second-order valence-corrected chi connectivity index (χ2v) is 6.69. The monoisotopic (exact) mass is 407 g/mol. The van der Waals surface area contributed by atoms with Gasteiger partial charge in [-0.15, -0.1) is 11.3 Å². The van der Waals surface area contributed by atoms with E-state index in [0.29, 0.717) is 15.2 Å². The topological polar surface area (TPSA) is 57.5 Å². The molecule has 2 aromatic carbocycles. The molecule has 2 N–H and O–H groups in total. The third kappa shape index (κ3) is 3.72. The number of aromatic hydroxyl groups is 1. The van der Waals surface area contributed by atoms with Gasteiger partial charge < -0.3 is 5.11 Å². The minimum Gasteiger partial charge on any atom is -0.506 e. The van der Waals surface area contributed by atoms with Crippen LogP contribution < -0.4 is 5.43 Å². The van der Waals surface area contributed by atoms with Crippen LogP contribution in [0.4, 0.5) is 5.13 Å². The maximum absolute atomic E-state index is 9.93. The molecule has 0 radical (unpaired) electrons. The Morgan fingerprint density at radius 3 is 2.78 bits per heavy atom. The van der Waals surface area contributed by atoms with Crippen molar-refractivity contribution in [2.45, 2.75) is 0 Å². The number of hydrogen-bond acceptors (Lipinski definition) is 5. The quantitative estimate of drug-likeness (QED) is 0.450. The molecule has 3 aromatic rings. The average Bonchev–Trinajstić information content (AvgIpc) is 3.04. The van der Waals surface area contributed by atoms with Crippen molar-refractivity contribution in [3.8, 4) is 17.0 Å². The molecule has 1 aromatic heterocycles. The zero-order valence-corrected chi connectivity index (χ0v) is 14.9. The zero-order chi connectivity index (χ0) is 16.2. The molecule has 116 valence electrons. The summed E-state index contributed by atoms with van der Waals surface area (Å²) in [4.78, 5) is 4.47. The third-order valence-electron chi connectivity index (χ3n) is 3.04. The lowest BCUT2D eigenvalue weighted by Crippen LogP contribution is -1.92. The van der Waals surface area contributed by atoms with Crippen LogP contribution in [0.15, 0.2) is 57.4 Å². The molecule has 0 aliphatic rings. The van der Waals surface area contributed by atoms with Crippen molar-refractivity contribution in [3.63, 3.8) is 0 Å². The van der Waals surface area contributed by atoms with Crippen molar-refractivity contribution in [2.24, 2.45) is 5.10 Å². The highest BCUT2D eigenvalue weighted by Crippen LogP contribution is 2.31. The summed E-state index contributed by atoms with van der Waals surface area (Å²) in [5.74, 6) is -0.0179. The van der Waals surface area contributed by atoms with E-state index >= 15 is 0 Å². The second-order valence-electron chi connectivity index (χ2n) is 4.57. The molecule has 23 heavy (non-hydrogen) atoms. The summed E-state index contributed by atoms with van der Waals surface area (Å²) >= 11 is 10.7. The highest BCUT2D eigenvalue weighted by Gasteiger charge is 2.08. The molecule has 0 bridgehead atoms. The first-order valence-corrected chi connectivity index (χ1v) is 8.67. The predicted octanol–water partition coefficient (Wildman–Crippen LogP) is 5.38. The fraction of sp³-hybridized carbons (Fsp3) is 0. The summed E-state index contributed by atoms with van der Waals surface area (Å²) in [6.45, 7) is 0. The van der Waals surface area contributed by atoms with Gasteiger partial charge in [-0.2, -0.15) is 5.10 Å². The molecular formula is C16H11BrClN3OS. The fourth-order valence-electron chi connectivity index (χ4n) is 1.90. The molecule has 0 unspecified atom stereocenters. The van der Waals surface area contributed by atoms with Gasteiger partial charge in [0.25, 0.3) is 0 Å². The van der Waals surface area contributed by atoms with E-state index in [2.05, 4.69) is 31.4 Å². The molecule has 0 fully saturated rings. The van der Waals surface area contributed by atoms with Gasteiger partial charge in [-0.3, -0.25) is 5.43 Å². The number of nitrogens with one attached hydrogen (secondary N) is 1. The van der Waals surface area contributed by atoms with Crippen molar-refractivity contribution in [3.05, 3.63) is 62.9 Å². The number of phenolic OH excluding ortho intramolecular Hbond substituents is 1. The van der Waals surface area contributed by atoms with Gasteiger partial charge in [0.15, 0.2) is 0 Å². The van der Waals surface area contributed by atoms with Crippen molar-refractivity contribution >= 4 is 50.2 Å². The summed E-state index contributed by atoms with van der Waals surface area (Å²) in [5, 5.41) is 16.9. The number of hydrogen-bond donors (Lipinski definition) is 2. The number of rotatable bonds is 4. The number of hydrazone groups is 1. The first-order chi connectivity index (χ1) is 11.1. The Morgan fingerprint density at radius 1 is 1.22 bits per heavy atom. The minimum atomic E-state index is -0.0179. The van der Waals surface area contributed by atoms with E-state index in [0.717, 1.165) is 11.3 Å². The van der Waals surface area contributed by atoms with Crippen LogP contribution in [0.25, 0.3) is 11.3 Å². The number of halogens is 2. The van der Waals surface area contributed by atoms with E-state index < -0.39 is 0 Å². The Balaban J connectivity index is 1.75. The first-order valence-electron chi connectivity index (χ1n) is 6.62. The van der Waals surface area contributed by atoms with Crippen molar-refractivity contribution in [1.29, 1.82) is 0 Å². The van der Waals surface area contributed by atoms with Gasteiger partial charge in [-0.1, -0.05) is 41.9 Å². The van der Waals surface area contributed by atoms with E-state index in [1.54, 1.807) is 12.1 Å². The number of nitrogens with zero attached hydrogens (tertiary/aromatic N) is 2. The Bertz CT molecular complexity index is 852. The number of thiazole rings is 1. The minimum absolute atomic E-state index is 0.0179. The largest absolute Gasteiger partial charge is 0.506 e. The Hall–Kier alpha value is -1.89. The predicted molar refractivity (Wildman–Crippen MR) is 99.6 cm³/mol. The Morgan fingerprint density at radius 2 is 2.00 bits per heavy atom. The summed E-state index contributed by atoms with van der Waals surface area (Å²) in [5.41, 5.74) is 5.30. The van der Waals surface area contributed by atoms with E-state index in [9.17, 15) is 5.11 Å². The van der Waals surface area contributed by atoms with Gasteiger partial charge in [0.1, 0.15) is 5.75 Å². The average molecular weight is 409 g/mol. The number of aromatic nitrogens is 1. The molecule has 0 aliphatic heterocycles. The van der Waals surface area contributed by atoms with Crippen LogP contribution >= 0.6 is 38.9 Å². The van der Waals surface area contributed by atoms with Gasteiger partial charge in [-0.25, -0.2) is 4.98 Å². The second kappa shape index (κ2) is 7.12. The van der Waals surface area contributed by atoms with Crippen LogP contribution in [0.1, 0.15) is 5.56 Å². The molecule has 0 saturated heterocycles. The lowest BCUT2D eigenvalue weighted by atomic mass is 10.2. The van der Waals surface area contributed by atoms with Gasteiger partial charge >= 0.3 is 0 Å². The van der Waals surface area contributed by atoms with Crippen LogP contribution in [0.3, 0.4) is 0 Å². The highest BCUT2D eigenvalue weighted by atomic mass is 79.9. The SMILES string of the molecule is Oc1c(Cl)ccc(Br)c1C=NNc1nc(-c2ccccc2)cs1. The summed E-state index contributed by atoms with van der Waals surface area (Å²) in [6, 6.07) is 13.3. The molecule has 1 heterocycles. The summed E-state index contributed by atoms with van der Waals surface area (Å²) < 4.78 is 0.703. The number of phenols is 1. The highest BCUT2D eigenvalue weighted by molar-refractivity contribution is 9.10. The van der Waals surface area contributed by atoms with E-state index in [-0.39, 0.29) is 10.8 Å². The van der Waals surface area contributed by atoms with Crippen LogP contribution in [0, 0.1) is 0 Å². The van der Waals surface area contributed by atoms with Crippen LogP contribution in [0.2, 0.25) is 5.02 Å². The molecule has 0 spiro atoms. The standard InChI is InChI=1S/C16H11BrClN3OS/c17-12-6-7-13(18)15(22)11(12)8-19-21-16-20-14(9-23-16)10-4-2-1-3-5-10/h1-9,22H,(H,20,21). The molecule has 0 aliphatic carbocycles. The summed E-state index contributed by atoms with van der Waals surface area (Å²) in [6.07, 6.45) is 1.49. The lowest BCUT2D eigenvalue weighted by Gasteiger charge is -2.03. The van der Waals surface area contributed by atoms with Crippen LogP contribution in [-0.2, 0) is 0 Å². The smallest absolute Gasteiger partial charge is 0.203 e. The molecule has 3 rings (SSSR count). The van der Waals surface area contributed by atoms with Crippen molar-refractivity contribution in [2.75, 3.05) is 5.43 Å². The molecule has 0 atom stereocenters. The van der Waals surface area contributed by atoms with Gasteiger partial charge in [0.05, 0.1) is 22.5 Å². The maximum atomic E-state index is 9.93. The maximum Gasteiger partial charge on any atom is 0.203 e. The van der Waals surface area contributed by atoms with Gasteiger partial charge in [0.2, 0.25) is 5.13 Å². The van der Waals surface area contributed by atoms with Gasteiger partial charge in [0, 0.05) is 15.4 Å². The van der Waals surface area contributed by atoms with Gasteiger partial charge in [-0.05, 0) is 28.1 Å². The number of anilines is 1. The Labute approximate surface area is 150 Å². The van der Waals surface area contributed by atoms with Crippen molar-refractivity contribution in [1.82, 2.24) is 4.98 Å². The molecule has 0 saturated carbocycles. The van der Waals surface area contributed by atoms with E-state index in [1.165, 1.54) is 17.6 Å². The summed E-state index contributed by atoms with van der Waals surface area (Å²) in [7, 11) is 0. The zero-order valence-electron chi connectivity index (χ0n) is 11.7. The van der Waals surface area contributed by atoms with Crippen LogP contribution in [-0.4, -0.2) is 16.3 Å². The van der Waals surface area contributed by atoms with Crippen LogP contribution in [0.5, 0.6) is 5.75 Å². The van der Waals surface area contributed by atoms with E-state index in [4.69, 9.17) is 11.6 Å². The first kappa shape index (κ1) is 16.0.